The van der Waals surface area contributed by atoms with Gasteiger partial charge in [-0.25, -0.2) is 0 Å². The Kier molecular flexibility index (Phi) is 5.03. The summed E-state index contributed by atoms with van der Waals surface area (Å²) in [6, 6.07) is 0. The molecule has 0 bridgehead atoms. The van der Waals surface area contributed by atoms with Crippen molar-refractivity contribution >= 4 is 0 Å². The second-order valence-electron chi connectivity index (χ2n) is 5.71. The van der Waals surface area contributed by atoms with Crippen LogP contribution in [-0.2, 0) is 0 Å². The first kappa shape index (κ1) is 12.9. The normalized spacial score (nSPS) is 23.6. The monoisotopic (exact) mass is 213 g/mol. The Morgan fingerprint density at radius 2 is 2.20 bits per heavy atom. The van der Waals surface area contributed by atoms with Gasteiger partial charge < -0.3 is 16.0 Å². The van der Waals surface area contributed by atoms with Crippen molar-refractivity contribution in [1.82, 2.24) is 10.2 Å². The average Bonchev–Trinajstić information content (AvgIpc) is 2.49. The Labute approximate surface area is 94.4 Å². The fraction of sp³-hybridized carbons (Fsp3) is 1.00. The van der Waals surface area contributed by atoms with Crippen molar-refractivity contribution in [3.8, 4) is 0 Å². The van der Waals surface area contributed by atoms with E-state index in [4.69, 9.17) is 5.73 Å². The molecule has 0 aliphatic carbocycles. The summed E-state index contributed by atoms with van der Waals surface area (Å²) in [6.45, 7) is 9.01. The molecule has 15 heavy (non-hydrogen) atoms. The third-order valence-electron chi connectivity index (χ3n) is 3.10. The lowest BCUT2D eigenvalue weighted by molar-refractivity contribution is 0.384. The van der Waals surface area contributed by atoms with Crippen molar-refractivity contribution in [3.05, 3.63) is 0 Å². The molecule has 0 aromatic heterocycles. The summed E-state index contributed by atoms with van der Waals surface area (Å²) in [5.74, 6) is 0.862. The smallest absolute Gasteiger partial charge is 0.00975 e. The maximum atomic E-state index is 5.92. The minimum atomic E-state index is -0.00471. The van der Waals surface area contributed by atoms with Gasteiger partial charge in [0.05, 0.1) is 0 Å². The molecule has 0 amide bonds. The predicted octanol–water partition coefficient (Wildman–Crippen LogP) is 1.05. The third-order valence-corrected chi connectivity index (χ3v) is 3.10. The van der Waals surface area contributed by atoms with E-state index in [9.17, 15) is 0 Å². The van der Waals surface area contributed by atoms with Crippen LogP contribution in [0, 0.1) is 5.92 Å². The van der Waals surface area contributed by atoms with Crippen LogP contribution in [0.15, 0.2) is 0 Å². The van der Waals surface area contributed by atoms with Gasteiger partial charge in [0.25, 0.3) is 0 Å². The molecule has 1 unspecified atom stereocenters. The van der Waals surface area contributed by atoms with Crippen LogP contribution in [-0.4, -0.2) is 43.7 Å². The molecule has 0 spiro atoms. The highest BCUT2D eigenvalue weighted by Gasteiger charge is 2.18. The largest absolute Gasteiger partial charge is 0.326 e. The van der Waals surface area contributed by atoms with Gasteiger partial charge in [-0.05, 0) is 65.7 Å². The highest BCUT2D eigenvalue weighted by Crippen LogP contribution is 2.13. The molecule has 90 valence electrons. The van der Waals surface area contributed by atoms with Crippen molar-refractivity contribution in [3.63, 3.8) is 0 Å². The van der Waals surface area contributed by atoms with E-state index in [-0.39, 0.29) is 5.54 Å². The Bertz CT molecular complexity index is 174. The van der Waals surface area contributed by atoms with E-state index in [1.807, 2.05) is 0 Å². The zero-order chi connectivity index (χ0) is 11.3. The fourth-order valence-corrected chi connectivity index (χ4v) is 2.17. The molecule has 1 fully saturated rings. The number of nitrogens with two attached hydrogens (primary N) is 1. The number of nitrogens with one attached hydrogen (secondary N) is 1. The van der Waals surface area contributed by atoms with Crippen LogP contribution < -0.4 is 11.1 Å². The first-order chi connectivity index (χ1) is 6.97. The van der Waals surface area contributed by atoms with Gasteiger partial charge in [0.15, 0.2) is 0 Å². The summed E-state index contributed by atoms with van der Waals surface area (Å²) < 4.78 is 0. The molecule has 0 saturated carbocycles. The molecule has 1 heterocycles. The van der Waals surface area contributed by atoms with Gasteiger partial charge in [0, 0.05) is 12.1 Å². The van der Waals surface area contributed by atoms with E-state index >= 15 is 0 Å². The van der Waals surface area contributed by atoms with E-state index in [1.165, 1.54) is 32.5 Å². The first-order valence-corrected chi connectivity index (χ1v) is 6.15. The molecule has 0 radical (unpaired) electrons. The quantitative estimate of drug-likeness (QED) is 0.648. The Morgan fingerprint density at radius 1 is 1.47 bits per heavy atom. The molecule has 0 aromatic carbocycles. The molecule has 1 rings (SSSR count). The maximum absolute atomic E-state index is 5.92. The number of rotatable bonds is 6. The van der Waals surface area contributed by atoms with E-state index in [2.05, 4.69) is 31.1 Å². The highest BCUT2D eigenvalue weighted by molar-refractivity contribution is 4.75. The van der Waals surface area contributed by atoms with Gasteiger partial charge in [-0.3, -0.25) is 0 Å². The Morgan fingerprint density at radius 3 is 2.73 bits per heavy atom. The van der Waals surface area contributed by atoms with Crippen LogP contribution in [0.3, 0.4) is 0 Å². The zero-order valence-corrected chi connectivity index (χ0v) is 10.6. The SMILES string of the molecule is CN1CCC(CNCCCC(C)(C)N)C1. The first-order valence-electron chi connectivity index (χ1n) is 6.15. The van der Waals surface area contributed by atoms with Gasteiger partial charge >= 0.3 is 0 Å². The van der Waals surface area contributed by atoms with E-state index in [0.717, 1.165) is 18.9 Å². The molecule has 1 aliphatic rings. The topological polar surface area (TPSA) is 41.3 Å². The summed E-state index contributed by atoms with van der Waals surface area (Å²) in [5, 5.41) is 3.54. The minimum absolute atomic E-state index is 0.00471. The number of likely N-dealkylation sites (tertiary alicyclic amines) is 1. The Hall–Kier alpha value is -0.120. The average molecular weight is 213 g/mol. The van der Waals surface area contributed by atoms with Gasteiger partial charge in [-0.1, -0.05) is 0 Å². The van der Waals surface area contributed by atoms with Crippen molar-refractivity contribution in [2.75, 3.05) is 33.2 Å². The zero-order valence-electron chi connectivity index (χ0n) is 10.6. The number of hydrogen-bond donors (Lipinski definition) is 2. The Balaban J connectivity index is 1.93. The molecular weight excluding hydrogens is 186 g/mol. The number of nitrogens with zero attached hydrogens (tertiary/aromatic N) is 1. The lowest BCUT2D eigenvalue weighted by Crippen LogP contribution is -2.33. The summed E-state index contributed by atoms with van der Waals surface area (Å²) in [4.78, 5) is 2.41. The summed E-state index contributed by atoms with van der Waals surface area (Å²) in [5.41, 5.74) is 5.92. The lowest BCUT2D eigenvalue weighted by Gasteiger charge is -2.18. The van der Waals surface area contributed by atoms with Crippen molar-refractivity contribution in [2.24, 2.45) is 11.7 Å². The van der Waals surface area contributed by atoms with Crippen LogP contribution >= 0.6 is 0 Å². The lowest BCUT2D eigenvalue weighted by atomic mass is 10.0. The van der Waals surface area contributed by atoms with Crippen LogP contribution in [0.2, 0.25) is 0 Å². The van der Waals surface area contributed by atoms with Crippen molar-refractivity contribution in [2.45, 2.75) is 38.6 Å². The molecule has 3 nitrogen and oxygen atoms in total. The van der Waals surface area contributed by atoms with E-state index in [0.29, 0.717) is 0 Å². The standard InChI is InChI=1S/C12H27N3/c1-12(2,13)6-4-7-14-9-11-5-8-15(3)10-11/h11,14H,4-10,13H2,1-3H3. The van der Waals surface area contributed by atoms with Gasteiger partial charge in [-0.2, -0.15) is 0 Å². The summed E-state index contributed by atoms with van der Waals surface area (Å²) in [6.07, 6.45) is 3.64. The summed E-state index contributed by atoms with van der Waals surface area (Å²) >= 11 is 0. The second-order valence-corrected chi connectivity index (χ2v) is 5.71. The fourth-order valence-electron chi connectivity index (χ4n) is 2.17. The molecule has 0 aromatic rings. The van der Waals surface area contributed by atoms with Crippen molar-refractivity contribution < 1.29 is 0 Å². The van der Waals surface area contributed by atoms with Gasteiger partial charge in [-0.15, -0.1) is 0 Å². The minimum Gasteiger partial charge on any atom is -0.326 e. The maximum Gasteiger partial charge on any atom is 0.00975 e. The molecule has 3 N–H and O–H groups in total. The molecule has 1 aliphatic heterocycles. The summed E-state index contributed by atoms with van der Waals surface area (Å²) in [7, 11) is 2.21. The van der Waals surface area contributed by atoms with Crippen LogP contribution in [0.25, 0.3) is 0 Å². The molecule has 1 saturated heterocycles. The molecular formula is C12H27N3. The van der Waals surface area contributed by atoms with Gasteiger partial charge in [0.1, 0.15) is 0 Å². The number of hydrogen-bond acceptors (Lipinski definition) is 3. The van der Waals surface area contributed by atoms with E-state index < -0.39 is 0 Å². The highest BCUT2D eigenvalue weighted by atomic mass is 15.1. The van der Waals surface area contributed by atoms with Crippen LogP contribution in [0.4, 0.5) is 0 Å². The van der Waals surface area contributed by atoms with Crippen molar-refractivity contribution in [1.29, 1.82) is 0 Å². The third kappa shape index (κ3) is 6.13. The van der Waals surface area contributed by atoms with E-state index in [1.54, 1.807) is 0 Å². The molecule has 3 heteroatoms. The van der Waals surface area contributed by atoms with Crippen LogP contribution in [0.1, 0.15) is 33.1 Å². The van der Waals surface area contributed by atoms with Crippen LogP contribution in [0.5, 0.6) is 0 Å². The molecule has 1 atom stereocenters. The predicted molar refractivity (Wildman–Crippen MR) is 66.0 cm³/mol. The van der Waals surface area contributed by atoms with Gasteiger partial charge in [0.2, 0.25) is 0 Å². The second kappa shape index (κ2) is 5.83.